The summed E-state index contributed by atoms with van der Waals surface area (Å²) in [4.78, 5) is 14.2. The number of carbonyl (C=O) groups is 1. The van der Waals surface area contributed by atoms with Crippen LogP contribution in [-0.4, -0.2) is 36.4 Å². The molecule has 0 saturated heterocycles. The first kappa shape index (κ1) is 14.9. The molecule has 2 aromatic rings. The number of fused-ring (bicyclic) bond motifs is 3. The minimum absolute atomic E-state index is 0.145. The molecule has 0 fully saturated rings. The third kappa shape index (κ3) is 1.90. The van der Waals surface area contributed by atoms with Gasteiger partial charge in [-0.1, -0.05) is 24.3 Å². The molecule has 1 aliphatic carbocycles. The fourth-order valence-corrected chi connectivity index (χ4v) is 3.93. The van der Waals surface area contributed by atoms with Crippen molar-refractivity contribution in [1.29, 1.82) is 0 Å². The Balaban J connectivity index is 1.98. The fraction of sp³-hybridized carbons (Fsp3) is 0.316. The number of nitrogens with zero attached hydrogens (tertiary/aromatic N) is 1. The summed E-state index contributed by atoms with van der Waals surface area (Å²) < 4.78 is 10.7. The number of rotatable bonds is 2. The van der Waals surface area contributed by atoms with Crippen molar-refractivity contribution in [2.45, 2.75) is 19.4 Å². The predicted molar refractivity (Wildman–Crippen MR) is 89.4 cm³/mol. The highest BCUT2D eigenvalue weighted by atomic mass is 16.6. The van der Waals surface area contributed by atoms with Gasteiger partial charge in [0.1, 0.15) is 0 Å². The summed E-state index contributed by atoms with van der Waals surface area (Å²) in [5.74, 6) is 0.612. The van der Waals surface area contributed by atoms with Crippen LogP contribution in [0, 0.1) is 0 Å². The molecule has 1 N–H and O–H groups in total. The van der Waals surface area contributed by atoms with Gasteiger partial charge in [-0.25, -0.2) is 4.79 Å². The molecule has 1 unspecified atom stereocenters. The molecule has 1 amide bonds. The molecule has 0 aromatic heterocycles. The van der Waals surface area contributed by atoms with Gasteiger partial charge in [0.15, 0.2) is 11.5 Å². The first-order chi connectivity index (χ1) is 11.7. The monoisotopic (exact) mass is 325 g/mol. The van der Waals surface area contributed by atoms with Gasteiger partial charge < -0.3 is 14.6 Å². The number of phenols is 1. The van der Waals surface area contributed by atoms with Gasteiger partial charge in [0, 0.05) is 12.1 Å². The number of methoxy groups -OCH3 is 1. The van der Waals surface area contributed by atoms with Crippen molar-refractivity contribution in [3.63, 3.8) is 0 Å². The van der Waals surface area contributed by atoms with Gasteiger partial charge in [-0.15, -0.1) is 0 Å². The van der Waals surface area contributed by atoms with Crippen molar-refractivity contribution >= 4 is 6.09 Å². The van der Waals surface area contributed by atoms with Gasteiger partial charge >= 0.3 is 6.09 Å². The zero-order valence-electron chi connectivity index (χ0n) is 13.7. The molecule has 0 radical (unpaired) electrons. The zero-order chi connectivity index (χ0) is 16.8. The Hall–Kier alpha value is -2.69. The first-order valence-corrected chi connectivity index (χ1v) is 8.12. The quantitative estimate of drug-likeness (QED) is 0.918. The van der Waals surface area contributed by atoms with Crippen molar-refractivity contribution in [2.24, 2.45) is 0 Å². The van der Waals surface area contributed by atoms with Gasteiger partial charge in [-0.2, -0.15) is 0 Å². The molecule has 1 atom stereocenters. The number of ether oxygens (including phenoxy) is 2. The molecule has 0 saturated carbocycles. The Kier molecular flexibility index (Phi) is 3.37. The van der Waals surface area contributed by atoms with Crippen molar-refractivity contribution in [2.75, 3.05) is 20.3 Å². The lowest BCUT2D eigenvalue weighted by Gasteiger charge is -2.35. The van der Waals surface area contributed by atoms with Crippen LogP contribution in [-0.2, 0) is 11.2 Å². The minimum atomic E-state index is -0.303. The van der Waals surface area contributed by atoms with Crippen LogP contribution in [0.25, 0.3) is 11.1 Å². The normalized spacial score (nSPS) is 17.2. The van der Waals surface area contributed by atoms with Crippen molar-refractivity contribution < 1.29 is 19.4 Å². The van der Waals surface area contributed by atoms with Crippen LogP contribution in [0.1, 0.15) is 29.7 Å². The Labute approximate surface area is 140 Å². The smallest absolute Gasteiger partial charge is 0.410 e. The maximum absolute atomic E-state index is 12.5. The molecule has 24 heavy (non-hydrogen) atoms. The largest absolute Gasteiger partial charge is 0.504 e. The van der Waals surface area contributed by atoms with E-state index in [0.717, 1.165) is 27.8 Å². The number of amides is 1. The first-order valence-electron chi connectivity index (χ1n) is 8.12. The van der Waals surface area contributed by atoms with Crippen LogP contribution in [0.15, 0.2) is 30.3 Å². The van der Waals surface area contributed by atoms with E-state index in [1.165, 1.54) is 0 Å². The van der Waals surface area contributed by atoms with E-state index in [1.807, 2.05) is 31.2 Å². The van der Waals surface area contributed by atoms with Crippen molar-refractivity contribution in [3.05, 3.63) is 47.0 Å². The van der Waals surface area contributed by atoms with Crippen molar-refractivity contribution in [1.82, 2.24) is 4.90 Å². The Morgan fingerprint density at radius 3 is 2.92 bits per heavy atom. The number of phenolic OH excluding ortho intramolecular Hbond substituents is 1. The van der Waals surface area contributed by atoms with Gasteiger partial charge in [-0.3, -0.25) is 4.90 Å². The minimum Gasteiger partial charge on any atom is -0.504 e. The molecule has 5 nitrogen and oxygen atoms in total. The number of aromatic hydroxyl groups is 1. The Morgan fingerprint density at radius 1 is 1.38 bits per heavy atom. The van der Waals surface area contributed by atoms with Crippen LogP contribution in [0.4, 0.5) is 4.79 Å². The SMILES string of the molecule is CCOC(=O)N1CCc2cc(O)c(OC)c3c2C1c1ccccc1-3. The van der Waals surface area contributed by atoms with Gasteiger partial charge in [-0.05, 0) is 41.7 Å². The third-order valence-electron chi connectivity index (χ3n) is 4.82. The van der Waals surface area contributed by atoms with Crippen LogP contribution in [0.5, 0.6) is 11.5 Å². The third-order valence-corrected chi connectivity index (χ3v) is 4.82. The average molecular weight is 325 g/mol. The molecule has 5 heteroatoms. The van der Waals surface area contributed by atoms with Gasteiger partial charge in [0.05, 0.1) is 19.8 Å². The molecule has 124 valence electrons. The summed E-state index contributed by atoms with van der Waals surface area (Å²) in [5, 5.41) is 10.4. The van der Waals surface area contributed by atoms with E-state index in [9.17, 15) is 9.90 Å². The summed E-state index contributed by atoms with van der Waals surface area (Å²) in [6.45, 7) is 2.73. The molecule has 0 bridgehead atoms. The number of benzene rings is 2. The fourth-order valence-electron chi connectivity index (χ4n) is 3.93. The highest BCUT2D eigenvalue weighted by molar-refractivity contribution is 5.88. The number of hydrogen-bond acceptors (Lipinski definition) is 4. The second-order valence-corrected chi connectivity index (χ2v) is 6.01. The molecule has 1 heterocycles. The number of carbonyl (C=O) groups excluding carboxylic acids is 1. The second-order valence-electron chi connectivity index (χ2n) is 6.01. The lowest BCUT2D eigenvalue weighted by molar-refractivity contribution is 0.0945. The van der Waals surface area contributed by atoms with Crippen LogP contribution in [0.3, 0.4) is 0 Å². The molecular weight excluding hydrogens is 306 g/mol. The zero-order valence-corrected chi connectivity index (χ0v) is 13.7. The predicted octanol–water partition coefficient (Wildman–Crippen LogP) is 3.49. The summed E-state index contributed by atoms with van der Waals surface area (Å²) in [6, 6.07) is 9.54. The van der Waals surface area contributed by atoms with E-state index < -0.39 is 0 Å². The van der Waals surface area contributed by atoms with E-state index in [0.29, 0.717) is 25.3 Å². The summed E-state index contributed by atoms with van der Waals surface area (Å²) in [5.41, 5.74) is 5.05. The molecule has 0 spiro atoms. The highest BCUT2D eigenvalue weighted by Crippen LogP contribution is 2.55. The molecule has 1 aliphatic heterocycles. The number of hydrogen-bond donors (Lipinski definition) is 1. The Bertz CT molecular complexity index is 830. The molecule has 4 rings (SSSR count). The van der Waals surface area contributed by atoms with E-state index in [1.54, 1.807) is 18.1 Å². The van der Waals surface area contributed by atoms with Crippen LogP contribution in [0.2, 0.25) is 0 Å². The summed E-state index contributed by atoms with van der Waals surface area (Å²) >= 11 is 0. The van der Waals surface area contributed by atoms with E-state index in [-0.39, 0.29) is 17.9 Å². The van der Waals surface area contributed by atoms with E-state index in [4.69, 9.17) is 9.47 Å². The average Bonchev–Trinajstić information content (AvgIpc) is 2.93. The standard InChI is InChI=1S/C19H19NO4/c1-3-24-19(22)20-9-8-11-10-14(21)18(23-2)16-12-6-4-5-7-13(12)17(20)15(11)16/h4-7,10,17,21H,3,8-9H2,1-2H3. The van der Waals surface area contributed by atoms with Crippen LogP contribution >= 0.6 is 0 Å². The van der Waals surface area contributed by atoms with Crippen LogP contribution < -0.4 is 4.74 Å². The van der Waals surface area contributed by atoms with E-state index in [2.05, 4.69) is 0 Å². The Morgan fingerprint density at radius 2 is 2.17 bits per heavy atom. The van der Waals surface area contributed by atoms with Crippen molar-refractivity contribution in [3.8, 4) is 22.6 Å². The maximum atomic E-state index is 12.5. The molecule has 2 aliphatic rings. The lowest BCUT2D eigenvalue weighted by atomic mass is 9.91. The topological polar surface area (TPSA) is 59.0 Å². The second kappa shape index (κ2) is 5.44. The van der Waals surface area contributed by atoms with Gasteiger partial charge in [0.25, 0.3) is 0 Å². The summed E-state index contributed by atoms with van der Waals surface area (Å²) in [6.07, 6.45) is 0.381. The molecular formula is C19H19NO4. The van der Waals surface area contributed by atoms with E-state index >= 15 is 0 Å². The maximum Gasteiger partial charge on any atom is 0.410 e. The lowest BCUT2D eigenvalue weighted by Crippen LogP contribution is -2.40. The summed E-state index contributed by atoms with van der Waals surface area (Å²) in [7, 11) is 1.56. The van der Waals surface area contributed by atoms with Gasteiger partial charge in [0.2, 0.25) is 0 Å². The molecule has 2 aromatic carbocycles. The highest BCUT2D eigenvalue weighted by Gasteiger charge is 2.42.